The van der Waals surface area contributed by atoms with Gasteiger partial charge >= 0.3 is 0 Å². The average Bonchev–Trinajstić information content (AvgIpc) is 3.24. The lowest BCUT2D eigenvalue weighted by molar-refractivity contribution is 0.133. The number of rotatable bonds is 5. The molecule has 6 nitrogen and oxygen atoms in total. The molecular formula is C23H30N6. The van der Waals surface area contributed by atoms with E-state index in [1.54, 1.807) is 0 Å². The van der Waals surface area contributed by atoms with Crippen LogP contribution in [0, 0.1) is 0 Å². The van der Waals surface area contributed by atoms with Crippen LogP contribution in [0.25, 0.3) is 11.0 Å². The van der Waals surface area contributed by atoms with E-state index < -0.39 is 0 Å². The number of unbranched alkanes of at least 4 members (excludes halogenated alkanes) is 1. The maximum Gasteiger partial charge on any atom is 0.220 e. The van der Waals surface area contributed by atoms with Gasteiger partial charge in [0, 0.05) is 24.7 Å². The van der Waals surface area contributed by atoms with Crippen molar-refractivity contribution in [3.05, 3.63) is 47.5 Å². The smallest absolute Gasteiger partial charge is 0.220 e. The molecule has 0 amide bonds. The summed E-state index contributed by atoms with van der Waals surface area (Å²) in [6.45, 7) is 6.34. The predicted molar refractivity (Wildman–Crippen MR) is 116 cm³/mol. The van der Waals surface area contributed by atoms with E-state index in [2.05, 4.69) is 50.6 Å². The summed E-state index contributed by atoms with van der Waals surface area (Å²) < 4.78 is 2.43. The standard InChI is InChI=1S/C23H30N6/c1-2-3-13-29-19-8-5-4-7-18(19)26-20(29)15-28-12-6-10-23(16-28)11-9-17-14-25-22(24)27-21(17)23/h4-5,7-8,14H,2-3,6,9-13,15-16H2,1H3,(H2,24,25,27). The molecule has 5 rings (SSSR count). The minimum Gasteiger partial charge on any atom is -0.368 e. The van der Waals surface area contributed by atoms with Crippen molar-refractivity contribution >= 4 is 17.0 Å². The molecule has 1 fully saturated rings. The number of aryl methyl sites for hydroxylation is 2. The Kier molecular flexibility index (Phi) is 4.74. The molecule has 2 aromatic heterocycles. The summed E-state index contributed by atoms with van der Waals surface area (Å²) in [6.07, 6.45) is 8.92. The van der Waals surface area contributed by atoms with E-state index in [9.17, 15) is 0 Å². The Bertz CT molecular complexity index is 1020. The molecule has 6 heteroatoms. The Hall–Kier alpha value is -2.47. The van der Waals surface area contributed by atoms with Crippen molar-refractivity contribution in [1.29, 1.82) is 0 Å². The summed E-state index contributed by atoms with van der Waals surface area (Å²) in [4.78, 5) is 16.5. The zero-order valence-corrected chi connectivity index (χ0v) is 17.3. The number of fused-ring (bicyclic) bond motifs is 3. The zero-order valence-electron chi connectivity index (χ0n) is 17.3. The fourth-order valence-corrected chi connectivity index (χ4v) is 5.33. The van der Waals surface area contributed by atoms with Gasteiger partial charge in [-0.25, -0.2) is 15.0 Å². The molecule has 152 valence electrons. The number of aromatic nitrogens is 4. The monoisotopic (exact) mass is 390 g/mol. The number of nitrogen functional groups attached to an aromatic ring is 1. The lowest BCUT2D eigenvalue weighted by Crippen LogP contribution is -2.45. The summed E-state index contributed by atoms with van der Waals surface area (Å²) in [5.41, 5.74) is 10.9. The van der Waals surface area contributed by atoms with Crippen LogP contribution in [0.3, 0.4) is 0 Å². The quantitative estimate of drug-likeness (QED) is 0.719. The van der Waals surface area contributed by atoms with Crippen molar-refractivity contribution in [3.8, 4) is 0 Å². The van der Waals surface area contributed by atoms with Gasteiger partial charge in [0.25, 0.3) is 0 Å². The highest BCUT2D eigenvalue weighted by molar-refractivity contribution is 5.75. The van der Waals surface area contributed by atoms with Gasteiger partial charge in [-0.2, -0.15) is 0 Å². The van der Waals surface area contributed by atoms with E-state index in [0.717, 1.165) is 44.5 Å². The van der Waals surface area contributed by atoms with Gasteiger partial charge in [-0.15, -0.1) is 0 Å². The van der Waals surface area contributed by atoms with Gasteiger partial charge in [0.1, 0.15) is 5.82 Å². The first-order valence-electron chi connectivity index (χ1n) is 11.0. The minimum absolute atomic E-state index is 0.130. The number of nitrogens with zero attached hydrogens (tertiary/aromatic N) is 5. The number of nitrogens with two attached hydrogens (primary N) is 1. The Morgan fingerprint density at radius 1 is 1.17 bits per heavy atom. The van der Waals surface area contributed by atoms with Gasteiger partial charge < -0.3 is 10.3 Å². The zero-order chi connectivity index (χ0) is 19.8. The summed E-state index contributed by atoms with van der Waals surface area (Å²) in [7, 11) is 0. The van der Waals surface area contributed by atoms with Crippen LogP contribution in [0.4, 0.5) is 5.95 Å². The third-order valence-electron chi connectivity index (χ3n) is 6.75. The maximum atomic E-state index is 5.94. The van der Waals surface area contributed by atoms with Crippen molar-refractivity contribution in [2.75, 3.05) is 18.8 Å². The van der Waals surface area contributed by atoms with E-state index in [1.165, 1.54) is 48.3 Å². The third kappa shape index (κ3) is 3.29. The second-order valence-corrected chi connectivity index (χ2v) is 8.72. The molecule has 3 aromatic rings. The van der Waals surface area contributed by atoms with Gasteiger partial charge in [-0.1, -0.05) is 25.5 Å². The Morgan fingerprint density at radius 2 is 2.07 bits per heavy atom. The molecule has 1 aliphatic carbocycles. The molecule has 1 unspecified atom stereocenters. The molecule has 2 N–H and O–H groups in total. The third-order valence-corrected chi connectivity index (χ3v) is 6.75. The van der Waals surface area contributed by atoms with Gasteiger partial charge in [0.2, 0.25) is 5.95 Å². The fourth-order valence-electron chi connectivity index (χ4n) is 5.33. The van der Waals surface area contributed by atoms with E-state index in [0.29, 0.717) is 5.95 Å². The summed E-state index contributed by atoms with van der Waals surface area (Å²) in [5, 5.41) is 0. The van der Waals surface area contributed by atoms with E-state index in [-0.39, 0.29) is 5.41 Å². The number of imidazole rings is 1. The number of hydrogen-bond acceptors (Lipinski definition) is 5. The lowest BCUT2D eigenvalue weighted by Gasteiger charge is -2.40. The summed E-state index contributed by atoms with van der Waals surface area (Å²) in [5.74, 6) is 1.60. The molecule has 1 saturated heterocycles. The van der Waals surface area contributed by atoms with Gasteiger partial charge in [0.05, 0.1) is 23.3 Å². The number of para-hydroxylation sites is 2. The van der Waals surface area contributed by atoms with Crippen LogP contribution in [0.2, 0.25) is 0 Å². The largest absolute Gasteiger partial charge is 0.368 e. The number of benzene rings is 1. The van der Waals surface area contributed by atoms with Gasteiger partial charge in [-0.3, -0.25) is 4.90 Å². The van der Waals surface area contributed by atoms with Crippen molar-refractivity contribution in [2.45, 2.75) is 64.0 Å². The Balaban J connectivity index is 1.43. The molecule has 29 heavy (non-hydrogen) atoms. The van der Waals surface area contributed by atoms with Gasteiger partial charge in [-0.05, 0) is 56.3 Å². The first-order chi connectivity index (χ1) is 14.2. The number of piperidine rings is 1. The van der Waals surface area contributed by atoms with Crippen molar-refractivity contribution < 1.29 is 0 Å². The van der Waals surface area contributed by atoms with Crippen molar-refractivity contribution in [2.24, 2.45) is 0 Å². The molecular weight excluding hydrogens is 360 g/mol. The highest BCUT2D eigenvalue weighted by Crippen LogP contribution is 2.44. The van der Waals surface area contributed by atoms with Gasteiger partial charge in [0.15, 0.2) is 0 Å². The Morgan fingerprint density at radius 3 is 2.97 bits per heavy atom. The lowest BCUT2D eigenvalue weighted by atomic mass is 9.77. The fraction of sp³-hybridized carbons (Fsp3) is 0.522. The first-order valence-corrected chi connectivity index (χ1v) is 11.0. The number of hydrogen-bond donors (Lipinski definition) is 1. The van der Waals surface area contributed by atoms with Crippen molar-refractivity contribution in [3.63, 3.8) is 0 Å². The molecule has 1 aliphatic heterocycles. The first kappa shape index (κ1) is 18.6. The Labute approximate surface area is 172 Å². The normalized spacial score (nSPS) is 21.8. The van der Waals surface area contributed by atoms with Crippen molar-refractivity contribution in [1.82, 2.24) is 24.4 Å². The van der Waals surface area contributed by atoms with Crippen LogP contribution < -0.4 is 5.73 Å². The van der Waals surface area contributed by atoms with Crippen LogP contribution >= 0.6 is 0 Å². The summed E-state index contributed by atoms with van der Waals surface area (Å²) in [6, 6.07) is 8.53. The van der Waals surface area contributed by atoms with E-state index >= 15 is 0 Å². The number of likely N-dealkylation sites (tertiary alicyclic amines) is 1. The van der Waals surface area contributed by atoms with E-state index in [4.69, 9.17) is 10.7 Å². The molecule has 0 radical (unpaired) electrons. The second-order valence-electron chi connectivity index (χ2n) is 8.72. The molecule has 2 aliphatic rings. The second kappa shape index (κ2) is 7.41. The molecule has 1 atom stereocenters. The maximum absolute atomic E-state index is 5.94. The topological polar surface area (TPSA) is 72.9 Å². The van der Waals surface area contributed by atoms with E-state index in [1.807, 2.05) is 6.20 Å². The highest BCUT2D eigenvalue weighted by atomic mass is 15.2. The molecule has 1 aromatic carbocycles. The van der Waals surface area contributed by atoms with Crippen LogP contribution in [0.1, 0.15) is 56.1 Å². The SMILES string of the molecule is CCCCn1c(CN2CCCC3(CCc4cnc(N)nc43)C2)nc2ccccc21. The molecule has 1 spiro atoms. The minimum atomic E-state index is 0.130. The van der Waals surface area contributed by atoms with Crippen LogP contribution in [0.5, 0.6) is 0 Å². The van der Waals surface area contributed by atoms with Crippen LogP contribution in [-0.4, -0.2) is 37.5 Å². The average molecular weight is 391 g/mol. The predicted octanol–water partition coefficient (Wildman–Crippen LogP) is 3.69. The molecule has 0 saturated carbocycles. The molecule has 3 heterocycles. The van der Waals surface area contributed by atoms with Crippen LogP contribution in [0.15, 0.2) is 30.5 Å². The molecule has 0 bridgehead atoms. The van der Waals surface area contributed by atoms with Crippen LogP contribution in [-0.2, 0) is 24.9 Å². The highest BCUT2D eigenvalue weighted by Gasteiger charge is 2.43. The number of anilines is 1. The summed E-state index contributed by atoms with van der Waals surface area (Å²) >= 11 is 0.